The summed E-state index contributed by atoms with van der Waals surface area (Å²) in [5.74, 6) is -1.07. The number of hydrogen-bond donors (Lipinski definition) is 2. The van der Waals surface area contributed by atoms with Crippen molar-refractivity contribution in [1.29, 1.82) is 0 Å². The van der Waals surface area contributed by atoms with E-state index >= 15 is 0 Å². The topological polar surface area (TPSA) is 102 Å². The van der Waals surface area contributed by atoms with Gasteiger partial charge in [-0.1, -0.05) is 96.8 Å². The van der Waals surface area contributed by atoms with Crippen LogP contribution >= 0.6 is 0 Å². The van der Waals surface area contributed by atoms with Gasteiger partial charge in [0.05, 0.1) is 5.56 Å². The van der Waals surface area contributed by atoms with Crippen LogP contribution in [0, 0.1) is 6.92 Å². The molecule has 0 bridgehead atoms. The molecule has 0 aliphatic carbocycles. The number of nitrogens with one attached hydrogen (secondary N) is 1. The molecule has 0 aliphatic rings. The monoisotopic (exact) mass is 448 g/mol. The van der Waals surface area contributed by atoms with E-state index in [1.807, 2.05) is 0 Å². The van der Waals surface area contributed by atoms with Gasteiger partial charge < -0.3 is 10.2 Å². The minimum Gasteiger partial charge on any atom is -0.444 e. The normalized spacial score (nSPS) is 11.0. The van der Waals surface area contributed by atoms with E-state index < -0.39 is 5.91 Å². The van der Waals surface area contributed by atoms with Gasteiger partial charge in [-0.15, -0.1) is 0 Å². The average Bonchev–Trinajstić information content (AvgIpc) is 3.06. The fraction of sp³-hybridized carbons (Fsp3) is 0.731. The molecule has 32 heavy (non-hydrogen) atoms. The summed E-state index contributed by atoms with van der Waals surface area (Å²) in [4.78, 5) is 35.7. The van der Waals surface area contributed by atoms with Crippen molar-refractivity contribution in [3.05, 3.63) is 16.9 Å². The van der Waals surface area contributed by atoms with E-state index in [2.05, 4.69) is 12.2 Å². The van der Waals surface area contributed by atoms with E-state index in [-0.39, 0.29) is 34.5 Å². The molecular formula is C26H44N2O4. The number of Topliss-reactive ketones (excluding diaryl/α,β-unsaturated/α-hetero) is 1. The molecule has 6 heteroatoms. The Hall–Kier alpha value is -2.11. The molecule has 6 nitrogen and oxygen atoms in total. The molecule has 1 rings (SSSR count). The summed E-state index contributed by atoms with van der Waals surface area (Å²) in [6.45, 7) is 5.17. The largest absolute Gasteiger partial charge is 0.444 e. The molecule has 0 atom stereocenters. The van der Waals surface area contributed by atoms with Crippen LogP contribution in [0.15, 0.2) is 4.42 Å². The van der Waals surface area contributed by atoms with Crippen molar-refractivity contribution in [2.75, 3.05) is 5.32 Å². The predicted octanol–water partition coefficient (Wildman–Crippen LogP) is 7.09. The van der Waals surface area contributed by atoms with E-state index in [0.29, 0.717) is 6.42 Å². The summed E-state index contributed by atoms with van der Waals surface area (Å²) in [6, 6.07) is 0. The van der Waals surface area contributed by atoms with Gasteiger partial charge in [-0.3, -0.25) is 19.7 Å². The highest BCUT2D eigenvalue weighted by Crippen LogP contribution is 2.27. The summed E-state index contributed by atoms with van der Waals surface area (Å²) in [7, 11) is 0. The van der Waals surface area contributed by atoms with Crippen molar-refractivity contribution < 1.29 is 18.8 Å². The van der Waals surface area contributed by atoms with Crippen LogP contribution in [0.2, 0.25) is 0 Å². The second-order valence-electron chi connectivity index (χ2n) is 8.91. The summed E-state index contributed by atoms with van der Waals surface area (Å²) >= 11 is 0. The average molecular weight is 449 g/mol. The third kappa shape index (κ3) is 11.0. The summed E-state index contributed by atoms with van der Waals surface area (Å²) < 4.78 is 5.41. The Labute approximate surface area is 194 Å². The molecule has 0 saturated heterocycles. The number of hydrogen-bond acceptors (Lipinski definition) is 4. The maximum atomic E-state index is 12.2. The van der Waals surface area contributed by atoms with Crippen molar-refractivity contribution >= 4 is 23.5 Å². The zero-order chi connectivity index (χ0) is 23.8. The third-order valence-electron chi connectivity index (χ3n) is 5.94. The van der Waals surface area contributed by atoms with Crippen LogP contribution in [-0.4, -0.2) is 17.6 Å². The predicted molar refractivity (Wildman–Crippen MR) is 130 cm³/mol. The number of primary amides is 1. The Bertz CT molecular complexity index is 709. The number of furan rings is 1. The molecule has 182 valence electrons. The standard InChI is InChI=1S/C26H44N2O4/c1-4-5-6-7-8-9-10-11-12-13-14-15-16-17-18-19-22(30)28-26-24(25(27)31)23(20(2)29)21(3)32-26/h4-19H2,1-3H3,(H2,27,31)(H,28,30). The number of unbranched alkanes of at least 4 members (excludes halogenated alkanes) is 14. The Morgan fingerprint density at radius 2 is 1.19 bits per heavy atom. The Morgan fingerprint density at radius 1 is 0.750 bits per heavy atom. The maximum Gasteiger partial charge on any atom is 0.255 e. The molecular weight excluding hydrogens is 404 g/mol. The number of rotatable bonds is 19. The molecule has 0 unspecified atom stereocenters. The molecule has 1 heterocycles. The van der Waals surface area contributed by atoms with Crippen molar-refractivity contribution in [3.63, 3.8) is 0 Å². The highest BCUT2D eigenvalue weighted by atomic mass is 16.4. The van der Waals surface area contributed by atoms with Crippen LogP contribution in [-0.2, 0) is 4.79 Å². The number of anilines is 1. The smallest absolute Gasteiger partial charge is 0.255 e. The molecule has 3 N–H and O–H groups in total. The number of amides is 2. The van der Waals surface area contributed by atoms with E-state index in [0.717, 1.165) is 19.3 Å². The minimum atomic E-state index is -0.783. The van der Waals surface area contributed by atoms with Crippen LogP contribution in [0.4, 0.5) is 5.88 Å². The fourth-order valence-corrected chi connectivity index (χ4v) is 4.14. The van der Waals surface area contributed by atoms with Crippen LogP contribution in [0.1, 0.15) is 143 Å². The molecule has 1 aromatic rings. The van der Waals surface area contributed by atoms with Gasteiger partial charge in [-0.05, 0) is 20.3 Å². The first-order valence-corrected chi connectivity index (χ1v) is 12.6. The van der Waals surface area contributed by atoms with Gasteiger partial charge in [0.15, 0.2) is 5.78 Å². The summed E-state index contributed by atoms with van der Waals surface area (Å²) in [5, 5.41) is 2.60. The van der Waals surface area contributed by atoms with Crippen LogP contribution in [0.5, 0.6) is 0 Å². The molecule has 0 radical (unpaired) electrons. The molecule has 0 aliphatic heterocycles. The highest BCUT2D eigenvalue weighted by Gasteiger charge is 2.25. The molecule has 0 spiro atoms. The second kappa shape index (κ2) is 16.5. The van der Waals surface area contributed by atoms with E-state index in [9.17, 15) is 14.4 Å². The van der Waals surface area contributed by atoms with Gasteiger partial charge in [0.2, 0.25) is 11.8 Å². The van der Waals surface area contributed by atoms with Gasteiger partial charge >= 0.3 is 0 Å². The summed E-state index contributed by atoms with van der Waals surface area (Å²) in [6.07, 6.45) is 19.4. The lowest BCUT2D eigenvalue weighted by atomic mass is 10.0. The Kier molecular flexibility index (Phi) is 14.4. The van der Waals surface area contributed by atoms with Gasteiger partial charge in [-0.25, -0.2) is 0 Å². The summed E-state index contributed by atoms with van der Waals surface area (Å²) in [5.41, 5.74) is 5.47. The first-order chi connectivity index (χ1) is 15.4. The van der Waals surface area contributed by atoms with Gasteiger partial charge in [0.1, 0.15) is 11.3 Å². The Balaban J connectivity index is 2.09. The Morgan fingerprint density at radius 3 is 1.59 bits per heavy atom. The number of carbonyl (C=O) groups is 3. The van der Waals surface area contributed by atoms with Crippen LogP contribution < -0.4 is 11.1 Å². The zero-order valence-corrected chi connectivity index (χ0v) is 20.5. The number of nitrogens with two attached hydrogens (primary N) is 1. The first kappa shape index (κ1) is 27.9. The van der Waals surface area contributed by atoms with Crippen molar-refractivity contribution in [1.82, 2.24) is 0 Å². The second-order valence-corrected chi connectivity index (χ2v) is 8.91. The van der Waals surface area contributed by atoms with Crippen LogP contribution in [0.25, 0.3) is 0 Å². The third-order valence-corrected chi connectivity index (χ3v) is 5.94. The maximum absolute atomic E-state index is 12.2. The molecule has 0 aromatic carbocycles. The lowest BCUT2D eigenvalue weighted by molar-refractivity contribution is -0.116. The highest BCUT2D eigenvalue weighted by molar-refractivity contribution is 6.11. The van der Waals surface area contributed by atoms with Gasteiger partial charge in [0.25, 0.3) is 5.91 Å². The molecule has 0 saturated carbocycles. The number of aryl methyl sites for hydroxylation is 1. The van der Waals surface area contributed by atoms with Gasteiger partial charge in [0, 0.05) is 6.42 Å². The first-order valence-electron chi connectivity index (χ1n) is 12.6. The molecule has 2 amide bonds. The van der Waals surface area contributed by atoms with Crippen molar-refractivity contribution in [3.8, 4) is 0 Å². The fourth-order valence-electron chi connectivity index (χ4n) is 4.14. The molecule has 0 fully saturated rings. The quantitative estimate of drug-likeness (QED) is 0.174. The van der Waals surface area contributed by atoms with E-state index in [4.69, 9.17) is 10.2 Å². The lowest BCUT2D eigenvalue weighted by Gasteiger charge is -2.05. The minimum absolute atomic E-state index is 0.0221. The van der Waals surface area contributed by atoms with E-state index in [1.165, 1.54) is 84.0 Å². The zero-order valence-electron chi connectivity index (χ0n) is 20.5. The van der Waals surface area contributed by atoms with Crippen molar-refractivity contribution in [2.45, 2.75) is 124 Å². The lowest BCUT2D eigenvalue weighted by Crippen LogP contribution is -2.18. The van der Waals surface area contributed by atoms with Crippen molar-refractivity contribution in [2.24, 2.45) is 5.73 Å². The van der Waals surface area contributed by atoms with E-state index in [1.54, 1.807) is 6.92 Å². The number of carbonyl (C=O) groups excluding carboxylic acids is 3. The van der Waals surface area contributed by atoms with Crippen LogP contribution in [0.3, 0.4) is 0 Å². The van der Waals surface area contributed by atoms with Gasteiger partial charge in [-0.2, -0.15) is 0 Å². The SMILES string of the molecule is CCCCCCCCCCCCCCCCCC(=O)Nc1oc(C)c(C(C)=O)c1C(N)=O. The molecule has 1 aromatic heterocycles. The number of ketones is 1.